The monoisotopic (exact) mass is 338 g/mol. The number of hydrogen-bond donors (Lipinski definition) is 1. The molecule has 0 aliphatic carbocycles. The molecule has 0 aliphatic heterocycles. The first-order valence-electron chi connectivity index (χ1n) is 8.09. The van der Waals surface area contributed by atoms with Crippen LogP contribution in [0.2, 0.25) is 0 Å². The summed E-state index contributed by atoms with van der Waals surface area (Å²) in [7, 11) is 0. The highest BCUT2D eigenvalue weighted by atomic mass is 16.2. The lowest BCUT2D eigenvalue weighted by molar-refractivity contribution is -0.123. The second-order valence-electron chi connectivity index (χ2n) is 5.91. The molecule has 0 heterocycles. The number of carbonyl (C=O) groups excluding carboxylic acids is 3. The highest BCUT2D eigenvalue weighted by Gasteiger charge is 2.16. The third-order valence-corrected chi connectivity index (χ3v) is 4.00. The van der Waals surface area contributed by atoms with Gasteiger partial charge in [-0.2, -0.15) is 0 Å². The Morgan fingerprint density at radius 2 is 1.60 bits per heavy atom. The summed E-state index contributed by atoms with van der Waals surface area (Å²) < 4.78 is 0. The molecule has 2 rings (SSSR count). The molecule has 2 amide bonds. The van der Waals surface area contributed by atoms with Crippen LogP contribution in [0.1, 0.15) is 35.3 Å². The van der Waals surface area contributed by atoms with Crippen LogP contribution in [0.25, 0.3) is 0 Å². The summed E-state index contributed by atoms with van der Waals surface area (Å²) in [6, 6.07) is 14.5. The van der Waals surface area contributed by atoms with Gasteiger partial charge < -0.3 is 10.2 Å². The van der Waals surface area contributed by atoms with E-state index in [4.69, 9.17) is 0 Å². The van der Waals surface area contributed by atoms with Gasteiger partial charge >= 0.3 is 0 Å². The van der Waals surface area contributed by atoms with Crippen LogP contribution in [0.3, 0.4) is 0 Å². The number of Topliss-reactive ketones (excluding diaryl/α,β-unsaturated/α-hetero) is 1. The van der Waals surface area contributed by atoms with E-state index in [0.29, 0.717) is 17.8 Å². The molecule has 130 valence electrons. The van der Waals surface area contributed by atoms with Crippen LogP contribution < -0.4 is 10.2 Å². The summed E-state index contributed by atoms with van der Waals surface area (Å²) in [4.78, 5) is 36.9. The highest BCUT2D eigenvalue weighted by molar-refractivity contribution is 5.98. The molecule has 5 nitrogen and oxygen atoms in total. The highest BCUT2D eigenvalue weighted by Crippen LogP contribution is 2.16. The molecular formula is C20H22N2O3. The number of rotatable bonds is 6. The van der Waals surface area contributed by atoms with Crippen LogP contribution in [-0.4, -0.2) is 24.1 Å². The van der Waals surface area contributed by atoms with Crippen molar-refractivity contribution in [2.45, 2.75) is 27.3 Å². The van der Waals surface area contributed by atoms with E-state index in [1.54, 1.807) is 24.3 Å². The van der Waals surface area contributed by atoms with Gasteiger partial charge in [-0.05, 0) is 49.2 Å². The predicted octanol–water partition coefficient (Wildman–Crippen LogP) is 2.87. The first-order chi connectivity index (χ1) is 11.9. The second kappa shape index (κ2) is 8.24. The lowest BCUT2D eigenvalue weighted by Gasteiger charge is -2.21. The van der Waals surface area contributed by atoms with Gasteiger partial charge in [-0.3, -0.25) is 14.4 Å². The van der Waals surface area contributed by atoms with E-state index >= 15 is 0 Å². The maximum absolute atomic E-state index is 12.2. The van der Waals surface area contributed by atoms with Crippen LogP contribution in [0.5, 0.6) is 0 Å². The summed E-state index contributed by atoms with van der Waals surface area (Å²) in [6.45, 7) is 5.23. The van der Waals surface area contributed by atoms with Gasteiger partial charge in [0.25, 0.3) is 0 Å². The van der Waals surface area contributed by atoms with Gasteiger partial charge in [0.05, 0.1) is 0 Å². The van der Waals surface area contributed by atoms with E-state index in [-0.39, 0.29) is 24.1 Å². The number of carbonyl (C=O) groups is 3. The van der Waals surface area contributed by atoms with Crippen LogP contribution >= 0.6 is 0 Å². The van der Waals surface area contributed by atoms with Crippen molar-refractivity contribution < 1.29 is 14.4 Å². The zero-order valence-electron chi connectivity index (χ0n) is 14.7. The van der Waals surface area contributed by atoms with Crippen molar-refractivity contribution >= 4 is 23.3 Å². The molecule has 2 aromatic rings. The fourth-order valence-corrected chi connectivity index (χ4v) is 2.46. The zero-order valence-corrected chi connectivity index (χ0v) is 14.7. The molecule has 0 saturated carbocycles. The van der Waals surface area contributed by atoms with Crippen LogP contribution in [-0.2, 0) is 16.1 Å². The third kappa shape index (κ3) is 5.01. The molecule has 0 saturated heterocycles. The van der Waals surface area contributed by atoms with Gasteiger partial charge in [0.1, 0.15) is 6.54 Å². The van der Waals surface area contributed by atoms with E-state index in [9.17, 15) is 14.4 Å². The summed E-state index contributed by atoms with van der Waals surface area (Å²) in [5, 5.41) is 2.84. The third-order valence-electron chi connectivity index (χ3n) is 4.00. The van der Waals surface area contributed by atoms with E-state index in [0.717, 1.165) is 11.1 Å². The maximum atomic E-state index is 12.2. The Morgan fingerprint density at radius 1 is 0.960 bits per heavy atom. The molecule has 0 aliphatic rings. The molecule has 0 radical (unpaired) electrons. The number of nitrogens with zero attached hydrogens (tertiary/aromatic N) is 1. The fraction of sp³-hybridized carbons (Fsp3) is 0.250. The van der Waals surface area contributed by atoms with Crippen molar-refractivity contribution in [3.63, 3.8) is 0 Å². The minimum absolute atomic E-state index is 0.0445. The Morgan fingerprint density at radius 3 is 2.16 bits per heavy atom. The lowest BCUT2D eigenvalue weighted by atomic mass is 10.1. The standard InChI is InChI=1S/C20H22N2O3/c1-14-6-4-5-7-18(14)12-21-20(25)13-22(16(3)24)19-10-8-17(9-11-19)15(2)23/h4-11H,12-13H2,1-3H3,(H,21,25). The van der Waals surface area contributed by atoms with E-state index in [1.807, 2.05) is 31.2 Å². The van der Waals surface area contributed by atoms with Gasteiger partial charge in [0, 0.05) is 24.7 Å². The first kappa shape index (κ1) is 18.4. The molecule has 0 spiro atoms. The Balaban J connectivity index is 2.03. The number of ketones is 1. The van der Waals surface area contributed by atoms with E-state index in [2.05, 4.69) is 5.32 Å². The largest absolute Gasteiger partial charge is 0.350 e. The molecule has 0 aromatic heterocycles. The van der Waals surface area contributed by atoms with Crippen molar-refractivity contribution in [2.24, 2.45) is 0 Å². The van der Waals surface area contributed by atoms with Crippen LogP contribution in [0, 0.1) is 6.92 Å². The van der Waals surface area contributed by atoms with Crippen molar-refractivity contribution in [1.82, 2.24) is 5.32 Å². The fourth-order valence-electron chi connectivity index (χ4n) is 2.46. The smallest absolute Gasteiger partial charge is 0.240 e. The molecule has 25 heavy (non-hydrogen) atoms. The van der Waals surface area contributed by atoms with Gasteiger partial charge in [-0.25, -0.2) is 0 Å². The van der Waals surface area contributed by atoms with Crippen LogP contribution in [0.15, 0.2) is 48.5 Å². The topological polar surface area (TPSA) is 66.5 Å². The molecule has 2 aromatic carbocycles. The quantitative estimate of drug-likeness (QED) is 0.824. The summed E-state index contributed by atoms with van der Waals surface area (Å²) in [6.07, 6.45) is 0. The molecule has 5 heteroatoms. The normalized spacial score (nSPS) is 10.2. The number of benzene rings is 2. The number of amides is 2. The molecule has 0 atom stereocenters. The summed E-state index contributed by atoms with van der Waals surface area (Å²) in [5.74, 6) is -0.521. The van der Waals surface area contributed by atoms with Crippen molar-refractivity contribution in [3.05, 3.63) is 65.2 Å². The molecule has 0 fully saturated rings. The van der Waals surface area contributed by atoms with E-state index < -0.39 is 0 Å². The number of hydrogen-bond acceptors (Lipinski definition) is 3. The van der Waals surface area contributed by atoms with Crippen LogP contribution in [0.4, 0.5) is 5.69 Å². The van der Waals surface area contributed by atoms with Crippen molar-refractivity contribution in [1.29, 1.82) is 0 Å². The van der Waals surface area contributed by atoms with E-state index in [1.165, 1.54) is 18.7 Å². The predicted molar refractivity (Wildman–Crippen MR) is 97.5 cm³/mol. The molecule has 1 N–H and O–H groups in total. The Kier molecular flexibility index (Phi) is 6.06. The Bertz CT molecular complexity index is 782. The number of anilines is 1. The summed E-state index contributed by atoms with van der Waals surface area (Å²) in [5.41, 5.74) is 3.29. The second-order valence-corrected chi connectivity index (χ2v) is 5.91. The Hall–Kier alpha value is -2.95. The van der Waals surface area contributed by atoms with Crippen molar-refractivity contribution in [3.8, 4) is 0 Å². The van der Waals surface area contributed by atoms with Gasteiger partial charge in [0.15, 0.2) is 5.78 Å². The molecular weight excluding hydrogens is 316 g/mol. The Labute approximate surface area is 147 Å². The van der Waals surface area contributed by atoms with Gasteiger partial charge in [0.2, 0.25) is 11.8 Å². The minimum atomic E-state index is -0.242. The maximum Gasteiger partial charge on any atom is 0.240 e. The SMILES string of the molecule is CC(=O)c1ccc(N(CC(=O)NCc2ccccc2C)C(C)=O)cc1. The number of nitrogens with one attached hydrogen (secondary N) is 1. The minimum Gasteiger partial charge on any atom is -0.350 e. The first-order valence-corrected chi connectivity index (χ1v) is 8.09. The van der Waals surface area contributed by atoms with Gasteiger partial charge in [-0.15, -0.1) is 0 Å². The zero-order chi connectivity index (χ0) is 18.4. The number of aryl methyl sites for hydroxylation is 1. The van der Waals surface area contributed by atoms with Gasteiger partial charge in [-0.1, -0.05) is 24.3 Å². The van der Waals surface area contributed by atoms with Crippen molar-refractivity contribution in [2.75, 3.05) is 11.4 Å². The molecule has 0 bridgehead atoms. The average Bonchev–Trinajstić information content (AvgIpc) is 2.59. The lowest BCUT2D eigenvalue weighted by Crippen LogP contribution is -2.39. The molecule has 0 unspecified atom stereocenters. The summed E-state index contributed by atoms with van der Waals surface area (Å²) >= 11 is 0. The average molecular weight is 338 g/mol.